The second-order valence-corrected chi connectivity index (χ2v) is 32.5. The van der Waals surface area contributed by atoms with Gasteiger partial charge in [0, 0.05) is 139 Å². The lowest BCUT2D eigenvalue weighted by molar-refractivity contribution is -0.157. The molecular formula is C93H167N5O21. The van der Waals surface area contributed by atoms with Gasteiger partial charge in [-0.1, -0.05) is 171 Å². The molecule has 0 spiro atoms. The number of rotatable bonds is 52. The average molecular weight is 1730 g/mol. The zero-order valence-electron chi connectivity index (χ0n) is 111. The van der Waals surface area contributed by atoms with Crippen molar-refractivity contribution in [3.05, 3.63) is 0 Å². The van der Waals surface area contributed by atoms with Crippen LogP contribution in [0.3, 0.4) is 0 Å². The molecule has 20 atom stereocenters. The van der Waals surface area contributed by atoms with E-state index in [9.17, 15) is 67.1 Å². The van der Waals surface area contributed by atoms with Gasteiger partial charge in [-0.3, -0.25) is 57.5 Å². The first kappa shape index (κ1) is 64.4. The lowest BCUT2D eigenvalue weighted by Crippen LogP contribution is -2.35. The molecule has 4 heterocycles. The van der Waals surface area contributed by atoms with Crippen molar-refractivity contribution in [2.24, 2.45) is 94.5 Å². The Hall–Kier alpha value is -6.38. The summed E-state index contributed by atoms with van der Waals surface area (Å²) in [6, 6.07) is 0. The summed E-state index contributed by atoms with van der Waals surface area (Å²) in [5.41, 5.74) is -0.697. The first-order chi connectivity index (χ1) is 69.2. The smallest absolute Gasteiger partial charge is 0.338 e. The highest BCUT2D eigenvalue weighted by atomic mass is 16.7. The lowest BCUT2D eigenvalue weighted by atomic mass is 9.90. The van der Waals surface area contributed by atoms with E-state index in [-0.39, 0.29) is 137 Å². The maximum atomic E-state index is 12.7. The molecule has 7 unspecified atom stereocenters. The standard InChI is InChI=1S/2C18H31NO5.2C17H29NO4.C17H33NO3.C6H14/c2*1-6-23-18(22)16-15(24-16)14(20)10-13(9-12(4)5)17(21)19-8-7-11(2)3;2*1-10(2)6-7-18-17(21)13(8-11(3)4)9-14(20)16-15(22-16)12(5)19;1-12(2)8-9-18-16(20)14(10-13(3)4)11-15(19)21-17(5,6)7;1-4-5-6(2)3/h2*11-13,15-16H,6-10H2,1-5H3,(H,19,21);2*10-11,13,15-16H,6-9H2,1-5H3,(H,18,21);12-14H,8-11H2,1-7H3,(H,18,20);6H,4-5H2,1-3H3/t2*13-,15-,16+;2*13-,15-,16-;14-;/m11111./s1/i2D3,4D3,11D,12D;2D3,11D;1D3,3D3,10D,11D;1D3,10D;8D2,9D2,12D;2D3,4D2,5D2,6D/t11?,12?,13-,15-,16+;11?,13-,15-,16+;10?,11?,13-,15-,16-;10?,13-,15-,16-;m;. The molecule has 0 saturated carbocycles. The molecule has 26 heteroatoms. The van der Waals surface area contributed by atoms with Crippen LogP contribution in [-0.4, -0.2) is 182 Å². The normalized spacial score (nSPS) is 28.6. The van der Waals surface area contributed by atoms with Gasteiger partial charge in [-0.2, -0.15) is 0 Å². The molecule has 0 aliphatic carbocycles. The summed E-state index contributed by atoms with van der Waals surface area (Å²) in [5.74, 6) is -26.3. The SMILES string of the molecule is [2H]C(C)(C)C([2H])([2H])C([2H])([2H])NC(=O)[C@@H](CC(=O)OC(C)(C)C)CC(C)C.[2H]C([2H])([2H])C([2H])(C)C([2H])([2H])C([2H])([2H])C.[2H]C([2H])([2H])C([2H])(C)CCNC(=O)[C@@H](CC(=O)[C@H]1O[C@@H]1C(=O)OCC)CC(C)C.[2H]C([2H])([2H])C([2H])(C)CCNC(=O)[C@@H](CC(=O)[C@H]1O[C@@H]1C(=O)OCC)CC([2H])(C)C([2H])([2H])[2H].[2H]C([2H])([2H])C([2H])(C)CCNC(=O)[C@@H](CC(=O)[C@H]1O[C@@H]1C(C)=O)CC(C)C.[2H]C([2H])([2H])C([2H])(C)CCNC(=O)[C@@H](CC(=O)[C@H]1O[C@@H]1C(C)=O)CC([2H])(C)C([2H])([2H])[2H]. The first-order valence-electron chi connectivity index (χ1n) is 59.0. The molecule has 26 nitrogen and oxygen atoms in total. The number of hydrogen-bond donors (Lipinski definition) is 5. The Balaban J connectivity index is 0. The number of carbonyl (C=O) groups is 14. The predicted octanol–water partition coefficient (Wildman–Crippen LogP) is 14.4. The number of esters is 3. The van der Waals surface area contributed by atoms with E-state index in [1.54, 1.807) is 34.6 Å². The Bertz CT molecular complexity index is 4640. The zero-order chi connectivity index (χ0) is 124. The number of Topliss-reactive ketones (excluding diaryl/α,β-unsaturated/α-hetero) is 6. The van der Waals surface area contributed by atoms with E-state index in [0.29, 0.717) is 19.3 Å². The molecule has 5 amide bonds. The summed E-state index contributed by atoms with van der Waals surface area (Å²) in [6.07, 6.45) is -16.2. The van der Waals surface area contributed by atoms with Gasteiger partial charge in [0.25, 0.3) is 0 Å². The van der Waals surface area contributed by atoms with Gasteiger partial charge in [-0.05, 0) is 178 Å². The van der Waals surface area contributed by atoms with Crippen LogP contribution in [0.1, 0.15) is 367 Å². The van der Waals surface area contributed by atoms with Crippen molar-refractivity contribution < 1.29 is 151 Å². The number of amides is 5. The molecule has 0 aromatic heterocycles. The van der Waals surface area contributed by atoms with Crippen molar-refractivity contribution >= 4 is 82.1 Å². The molecule has 690 valence electrons. The van der Waals surface area contributed by atoms with Crippen LogP contribution in [-0.2, 0) is 100 Å². The summed E-state index contributed by atoms with van der Waals surface area (Å²) >= 11 is 0. The van der Waals surface area contributed by atoms with Gasteiger partial charge in [0.1, 0.15) is 30.0 Å². The fraction of sp³-hybridized carbons (Fsp3) is 0.849. The molecule has 0 bridgehead atoms. The van der Waals surface area contributed by atoms with E-state index in [1.165, 1.54) is 55.4 Å². The monoisotopic (exact) mass is 1730 g/mol. The number of ketones is 6. The summed E-state index contributed by atoms with van der Waals surface area (Å²) in [6.45, 7) is 13.1. The third kappa shape index (κ3) is 56.8. The quantitative estimate of drug-likeness (QED) is 0.0214. The van der Waals surface area contributed by atoms with E-state index >= 15 is 0 Å². The fourth-order valence-electron chi connectivity index (χ4n) is 11.3. The van der Waals surface area contributed by atoms with Crippen LogP contribution in [0.4, 0.5) is 0 Å². The van der Waals surface area contributed by atoms with Crippen molar-refractivity contribution in [3.63, 3.8) is 0 Å². The van der Waals surface area contributed by atoms with Crippen LogP contribution in [0.15, 0.2) is 0 Å². The van der Waals surface area contributed by atoms with Crippen molar-refractivity contribution in [1.29, 1.82) is 0 Å². The number of epoxide rings is 4. The maximum Gasteiger partial charge on any atom is 0.338 e. The highest BCUT2D eigenvalue weighted by molar-refractivity contribution is 6.00. The second-order valence-electron chi connectivity index (χ2n) is 32.5. The van der Waals surface area contributed by atoms with Crippen molar-refractivity contribution in [1.82, 2.24) is 26.6 Å². The molecule has 4 rings (SSSR count). The number of carbonyl (C=O) groups excluding carboxylic acids is 14. The summed E-state index contributed by atoms with van der Waals surface area (Å²) in [5, 5.41) is 12.2. The van der Waals surface area contributed by atoms with Crippen molar-refractivity contribution in [2.45, 2.75) is 371 Å². The van der Waals surface area contributed by atoms with Gasteiger partial charge in [-0.25, -0.2) is 9.59 Å². The minimum absolute atomic E-state index is 0.0180. The molecule has 0 radical (unpaired) electrons. The van der Waals surface area contributed by atoms with Crippen LogP contribution < -0.4 is 26.6 Å². The summed E-state index contributed by atoms with van der Waals surface area (Å²) < 4.78 is 313. The third-order valence-electron chi connectivity index (χ3n) is 16.9. The van der Waals surface area contributed by atoms with Gasteiger partial charge < -0.3 is 59.7 Å². The highest BCUT2D eigenvalue weighted by Crippen LogP contribution is 2.33. The Morgan fingerprint density at radius 3 is 0.857 bits per heavy atom. The minimum atomic E-state index is -2.86. The van der Waals surface area contributed by atoms with Gasteiger partial charge in [0.15, 0.2) is 59.1 Å². The van der Waals surface area contributed by atoms with Crippen LogP contribution in [0.2, 0.25) is 0 Å². The molecule has 4 saturated heterocycles. The van der Waals surface area contributed by atoms with Crippen LogP contribution in [0.5, 0.6) is 0 Å². The van der Waals surface area contributed by atoms with Gasteiger partial charge in [-0.15, -0.1) is 0 Å². The molecule has 119 heavy (non-hydrogen) atoms. The van der Waals surface area contributed by atoms with E-state index in [0.717, 1.165) is 27.7 Å². The van der Waals surface area contributed by atoms with E-state index in [1.807, 2.05) is 41.5 Å². The zero-order valence-corrected chi connectivity index (χ0v) is 74.5. The van der Waals surface area contributed by atoms with Gasteiger partial charge in [0.2, 0.25) is 29.5 Å². The van der Waals surface area contributed by atoms with E-state index < -0.39 is 278 Å². The van der Waals surface area contributed by atoms with Gasteiger partial charge in [0.05, 0.1) is 19.6 Å². The topological polar surface area (TPSA) is 377 Å². The first-order valence-corrected chi connectivity index (χ1v) is 40.5. The number of nitrogens with one attached hydrogen (secondary N) is 5. The maximum absolute atomic E-state index is 12.7. The van der Waals surface area contributed by atoms with Crippen molar-refractivity contribution in [2.75, 3.05) is 45.9 Å². The van der Waals surface area contributed by atoms with E-state index in [4.69, 9.17) is 83.9 Å². The number of hydrogen-bond acceptors (Lipinski definition) is 21. The van der Waals surface area contributed by atoms with Crippen molar-refractivity contribution in [3.8, 4) is 0 Å². The summed E-state index contributed by atoms with van der Waals surface area (Å²) in [7, 11) is 0. The highest BCUT2D eigenvalue weighted by Gasteiger charge is 2.53. The Labute approximate surface area is 769 Å². The molecule has 4 aliphatic heterocycles. The van der Waals surface area contributed by atoms with E-state index in [2.05, 4.69) is 26.6 Å². The third-order valence-corrected chi connectivity index (χ3v) is 16.9. The van der Waals surface area contributed by atoms with Gasteiger partial charge >= 0.3 is 17.9 Å². The Kier molecular flexibility index (Phi) is 33.0. The average Bonchev–Trinajstić information content (AvgIpc) is 1.22. The Morgan fingerprint density at radius 1 is 0.353 bits per heavy atom. The Morgan fingerprint density at radius 2 is 0.622 bits per heavy atom. The molecule has 0 aromatic carbocycles. The second kappa shape index (κ2) is 61.0. The molecule has 4 aliphatic rings. The largest absolute Gasteiger partial charge is 0.464 e. The molecule has 4 fully saturated rings. The lowest BCUT2D eigenvalue weighted by Gasteiger charge is -2.23. The molecule has 0 aromatic rings. The predicted molar refractivity (Wildman–Crippen MR) is 465 cm³/mol. The number of ether oxygens (including phenoxy) is 7. The van der Waals surface area contributed by atoms with Crippen LogP contribution in [0, 0.1) is 94.5 Å². The van der Waals surface area contributed by atoms with Crippen LogP contribution >= 0.6 is 0 Å². The summed E-state index contributed by atoms with van der Waals surface area (Å²) in [4.78, 5) is 170. The fourth-order valence-corrected chi connectivity index (χ4v) is 11.3. The molecular weight excluding hydrogens is 1520 g/mol. The van der Waals surface area contributed by atoms with Crippen LogP contribution in [0.25, 0.3) is 0 Å². The molecule has 5 N–H and O–H groups in total. The minimum Gasteiger partial charge on any atom is -0.464 e.